The van der Waals surface area contributed by atoms with Gasteiger partial charge in [-0.2, -0.15) is 0 Å². The van der Waals surface area contributed by atoms with Crippen LogP contribution in [0.1, 0.15) is 5.56 Å². The highest BCUT2D eigenvalue weighted by Gasteiger charge is 2.01. The van der Waals surface area contributed by atoms with Crippen molar-refractivity contribution in [2.45, 2.75) is 6.61 Å². The molecule has 0 saturated carbocycles. The minimum absolute atomic E-state index is 0.0201. The van der Waals surface area contributed by atoms with E-state index in [9.17, 15) is 0 Å². The van der Waals surface area contributed by atoms with Crippen molar-refractivity contribution in [2.24, 2.45) is 0 Å². The van der Waals surface area contributed by atoms with E-state index in [1.54, 1.807) is 20.4 Å². The summed E-state index contributed by atoms with van der Waals surface area (Å²) in [5.74, 6) is 0.716. The van der Waals surface area contributed by atoms with Crippen LogP contribution in [0.25, 0.3) is 0 Å². The molecule has 0 radical (unpaired) electrons. The van der Waals surface area contributed by atoms with E-state index >= 15 is 0 Å². The topological polar surface area (TPSA) is 66.4 Å². The molecule has 0 amide bonds. The van der Waals surface area contributed by atoms with Gasteiger partial charge in [0.25, 0.3) is 0 Å². The highest BCUT2D eigenvalue weighted by atomic mass is 16.5. The molecule has 0 aliphatic heterocycles. The average molecular weight is 197 g/mol. The van der Waals surface area contributed by atoms with Crippen LogP contribution in [-0.2, 0) is 11.3 Å². The van der Waals surface area contributed by atoms with Crippen LogP contribution in [-0.4, -0.2) is 31.0 Å². The molecule has 0 aromatic carbocycles. The Hall–Kier alpha value is -1.33. The Bertz CT molecular complexity index is 291. The summed E-state index contributed by atoms with van der Waals surface area (Å²) in [4.78, 5) is 4.10. The number of hydrogen-bond donors (Lipinski definition) is 3. The third-order valence-electron chi connectivity index (χ3n) is 1.82. The lowest BCUT2D eigenvalue weighted by Crippen LogP contribution is -2.06. The number of aliphatic hydroxyl groups is 1. The lowest BCUT2D eigenvalue weighted by Gasteiger charge is -2.09. The average Bonchev–Trinajstić information content (AvgIpc) is 2.25. The molecule has 0 atom stereocenters. The third-order valence-corrected chi connectivity index (χ3v) is 1.82. The highest BCUT2D eigenvalue weighted by molar-refractivity contribution is 5.56. The van der Waals surface area contributed by atoms with Crippen LogP contribution in [0.15, 0.2) is 12.3 Å². The molecule has 14 heavy (non-hydrogen) atoms. The third kappa shape index (κ3) is 2.58. The molecule has 1 heterocycles. The summed E-state index contributed by atoms with van der Waals surface area (Å²) in [5, 5.41) is 14.9. The van der Waals surface area contributed by atoms with E-state index in [0.717, 1.165) is 11.3 Å². The van der Waals surface area contributed by atoms with Crippen molar-refractivity contribution >= 4 is 11.5 Å². The lowest BCUT2D eigenvalue weighted by molar-refractivity contribution is 0.221. The van der Waals surface area contributed by atoms with Crippen LogP contribution < -0.4 is 10.6 Å². The largest absolute Gasteiger partial charge is 0.392 e. The first-order valence-electron chi connectivity index (χ1n) is 4.32. The quantitative estimate of drug-likeness (QED) is 0.604. The van der Waals surface area contributed by atoms with Crippen molar-refractivity contribution in [1.82, 2.24) is 4.98 Å². The van der Waals surface area contributed by atoms with Crippen molar-refractivity contribution in [3.05, 3.63) is 17.8 Å². The maximum absolute atomic E-state index is 8.99. The fraction of sp³-hybridized carbons (Fsp3) is 0.444. The van der Waals surface area contributed by atoms with Crippen LogP contribution in [0.2, 0.25) is 0 Å². The minimum atomic E-state index is -0.0201. The van der Waals surface area contributed by atoms with Crippen molar-refractivity contribution in [3.63, 3.8) is 0 Å². The van der Waals surface area contributed by atoms with Gasteiger partial charge in [-0.05, 0) is 0 Å². The van der Waals surface area contributed by atoms with Gasteiger partial charge >= 0.3 is 0 Å². The van der Waals surface area contributed by atoms with Crippen LogP contribution in [0.4, 0.5) is 11.5 Å². The molecule has 1 aromatic heterocycles. The van der Waals surface area contributed by atoms with Gasteiger partial charge in [0, 0.05) is 37.7 Å². The second-order valence-electron chi connectivity index (χ2n) is 2.74. The molecule has 0 fully saturated rings. The summed E-state index contributed by atoms with van der Waals surface area (Å²) in [6.45, 7) is 0.391. The molecule has 5 heteroatoms. The van der Waals surface area contributed by atoms with Gasteiger partial charge in [0.15, 0.2) is 0 Å². The fourth-order valence-electron chi connectivity index (χ4n) is 1.09. The van der Waals surface area contributed by atoms with E-state index in [4.69, 9.17) is 9.84 Å². The predicted octanol–water partition coefficient (Wildman–Crippen LogP) is 0.631. The van der Waals surface area contributed by atoms with Crippen LogP contribution in [0.3, 0.4) is 0 Å². The van der Waals surface area contributed by atoms with E-state index < -0.39 is 0 Å². The van der Waals surface area contributed by atoms with Crippen molar-refractivity contribution in [2.75, 3.05) is 31.5 Å². The maximum Gasteiger partial charge on any atom is 0.129 e. The number of hydrogen-bond acceptors (Lipinski definition) is 5. The van der Waals surface area contributed by atoms with E-state index in [-0.39, 0.29) is 6.61 Å². The molecule has 1 rings (SSSR count). The van der Waals surface area contributed by atoms with Crippen LogP contribution >= 0.6 is 0 Å². The summed E-state index contributed by atoms with van der Waals surface area (Å²) in [5.41, 5.74) is 1.64. The summed E-state index contributed by atoms with van der Waals surface area (Å²) in [6, 6.07) is 1.82. The molecule has 1 aromatic rings. The Morgan fingerprint density at radius 1 is 1.57 bits per heavy atom. The Morgan fingerprint density at radius 3 is 2.93 bits per heavy atom. The number of methoxy groups -OCH3 is 1. The molecule has 78 valence electrons. The van der Waals surface area contributed by atoms with E-state index in [2.05, 4.69) is 15.6 Å². The number of rotatable bonds is 5. The molecular formula is C9H15N3O2. The van der Waals surface area contributed by atoms with Crippen molar-refractivity contribution in [1.29, 1.82) is 0 Å². The number of nitrogens with zero attached hydrogens (tertiary/aromatic N) is 1. The second-order valence-corrected chi connectivity index (χ2v) is 2.74. The summed E-state index contributed by atoms with van der Waals surface area (Å²) < 4.78 is 4.85. The molecule has 0 aliphatic carbocycles. The molecular weight excluding hydrogens is 182 g/mol. The first-order chi connectivity index (χ1) is 6.81. The lowest BCUT2D eigenvalue weighted by atomic mass is 10.2. The molecule has 0 spiro atoms. The van der Waals surface area contributed by atoms with E-state index in [1.807, 2.05) is 6.07 Å². The molecule has 0 saturated heterocycles. The second kappa shape index (κ2) is 5.41. The Morgan fingerprint density at radius 2 is 2.36 bits per heavy atom. The molecule has 0 unspecified atom stereocenters. The number of aromatic nitrogens is 1. The molecule has 5 nitrogen and oxygen atoms in total. The molecule has 3 N–H and O–H groups in total. The van der Waals surface area contributed by atoms with Gasteiger partial charge in [0.1, 0.15) is 12.5 Å². The standard InChI is InChI=1S/C9H15N3O2/c1-10-8-3-9(12-6-14-2)11-4-7(8)5-13/h3-4,13H,5-6H2,1-2H3,(H2,10,11,12). The smallest absolute Gasteiger partial charge is 0.129 e. The number of aliphatic hydroxyl groups excluding tert-OH is 1. The number of pyridine rings is 1. The first-order valence-corrected chi connectivity index (χ1v) is 4.32. The van der Waals surface area contributed by atoms with Gasteiger partial charge in [0.2, 0.25) is 0 Å². The summed E-state index contributed by atoms with van der Waals surface area (Å²) >= 11 is 0. The van der Waals surface area contributed by atoms with Crippen LogP contribution in [0, 0.1) is 0 Å². The van der Waals surface area contributed by atoms with E-state index in [0.29, 0.717) is 12.5 Å². The van der Waals surface area contributed by atoms with E-state index in [1.165, 1.54) is 0 Å². The Labute approximate surface area is 83.1 Å². The number of anilines is 2. The maximum atomic E-state index is 8.99. The van der Waals surface area contributed by atoms with Gasteiger partial charge in [0.05, 0.1) is 6.61 Å². The highest BCUT2D eigenvalue weighted by Crippen LogP contribution is 2.17. The summed E-state index contributed by atoms with van der Waals surface area (Å²) in [7, 11) is 3.41. The van der Waals surface area contributed by atoms with Crippen LogP contribution in [0.5, 0.6) is 0 Å². The first kappa shape index (κ1) is 10.7. The molecule has 0 bridgehead atoms. The van der Waals surface area contributed by atoms with Gasteiger partial charge < -0.3 is 20.5 Å². The Kier molecular flexibility index (Phi) is 4.15. The number of ether oxygens (including phenoxy) is 1. The SMILES string of the molecule is CNc1cc(NCOC)ncc1CO. The van der Waals surface area contributed by atoms with Crippen molar-refractivity contribution in [3.8, 4) is 0 Å². The predicted molar refractivity (Wildman–Crippen MR) is 55.2 cm³/mol. The van der Waals surface area contributed by atoms with Gasteiger partial charge in [-0.25, -0.2) is 4.98 Å². The van der Waals surface area contributed by atoms with Gasteiger partial charge in [-0.15, -0.1) is 0 Å². The summed E-state index contributed by atoms with van der Waals surface area (Å²) in [6.07, 6.45) is 1.63. The van der Waals surface area contributed by atoms with Crippen molar-refractivity contribution < 1.29 is 9.84 Å². The monoisotopic (exact) mass is 197 g/mol. The minimum Gasteiger partial charge on any atom is -0.392 e. The van der Waals surface area contributed by atoms with Gasteiger partial charge in [-0.3, -0.25) is 0 Å². The Balaban J connectivity index is 2.79. The van der Waals surface area contributed by atoms with Gasteiger partial charge in [-0.1, -0.05) is 0 Å². The zero-order valence-electron chi connectivity index (χ0n) is 8.37. The fourth-order valence-corrected chi connectivity index (χ4v) is 1.09. The zero-order valence-corrected chi connectivity index (χ0v) is 8.37. The zero-order chi connectivity index (χ0) is 10.4. The number of nitrogens with one attached hydrogen (secondary N) is 2. The normalized spacial score (nSPS) is 9.93. The molecule has 0 aliphatic rings.